The minimum absolute atomic E-state index is 0.0711. The number of nitrogens with zero attached hydrogens (tertiary/aromatic N) is 2. The molecule has 0 saturated carbocycles. The minimum Gasteiger partial charge on any atom is -0.493 e. The van der Waals surface area contributed by atoms with E-state index in [4.69, 9.17) is 14.2 Å². The summed E-state index contributed by atoms with van der Waals surface area (Å²) in [7, 11) is 2.27. The Balaban J connectivity index is 1.88. The molecule has 0 saturated heterocycles. The van der Waals surface area contributed by atoms with Crippen LogP contribution in [0.1, 0.15) is 22.3 Å². The summed E-state index contributed by atoms with van der Waals surface area (Å²) >= 11 is 0. The number of ether oxygens (including phenoxy) is 3. The van der Waals surface area contributed by atoms with Crippen LogP contribution in [0.15, 0.2) is 65.6 Å². The number of carbonyl (C=O) groups excluding carboxylic acids is 1. The Morgan fingerprint density at radius 1 is 0.784 bits per heavy atom. The second-order valence-electron chi connectivity index (χ2n) is 8.86. The Hall–Kier alpha value is -3.56. The van der Waals surface area contributed by atoms with Gasteiger partial charge in [-0.15, -0.1) is 0 Å². The molecular weight excluding hydrogens is 492 g/mol. The third kappa shape index (κ3) is 6.81. The van der Waals surface area contributed by atoms with Crippen LogP contribution < -0.4 is 14.2 Å². The molecule has 3 rings (SSSR count). The zero-order valence-corrected chi connectivity index (χ0v) is 23.0. The van der Waals surface area contributed by atoms with Crippen LogP contribution in [-0.2, 0) is 27.9 Å². The lowest BCUT2D eigenvalue weighted by atomic mass is 10.1. The van der Waals surface area contributed by atoms with E-state index in [1.165, 1.54) is 30.5 Å². The van der Waals surface area contributed by atoms with Crippen LogP contribution in [0, 0.1) is 13.8 Å². The number of carbonyl (C=O) groups is 1. The van der Waals surface area contributed by atoms with Crippen molar-refractivity contribution in [3.8, 4) is 17.2 Å². The Bertz CT molecular complexity index is 1310. The minimum atomic E-state index is -3.93. The molecule has 0 N–H and O–H groups in total. The fourth-order valence-corrected chi connectivity index (χ4v) is 5.34. The normalized spacial score (nSPS) is 11.3. The number of amides is 1. The van der Waals surface area contributed by atoms with Gasteiger partial charge in [0.15, 0.2) is 11.5 Å². The summed E-state index contributed by atoms with van der Waals surface area (Å²) in [6.45, 7) is 3.81. The fourth-order valence-electron chi connectivity index (χ4n) is 3.96. The van der Waals surface area contributed by atoms with Crippen molar-refractivity contribution < 1.29 is 27.4 Å². The van der Waals surface area contributed by atoms with Crippen LogP contribution in [0.5, 0.6) is 17.2 Å². The van der Waals surface area contributed by atoms with E-state index in [1.807, 2.05) is 38.1 Å². The number of methoxy groups -OCH3 is 3. The van der Waals surface area contributed by atoms with Crippen LogP contribution >= 0.6 is 0 Å². The summed E-state index contributed by atoms with van der Waals surface area (Å²) in [5, 5.41) is 0. The molecule has 0 spiro atoms. The lowest BCUT2D eigenvalue weighted by molar-refractivity contribution is -0.130. The third-order valence-corrected chi connectivity index (χ3v) is 7.79. The quantitative estimate of drug-likeness (QED) is 0.373. The summed E-state index contributed by atoms with van der Waals surface area (Å²) in [5.74, 6) is 1.05. The summed E-state index contributed by atoms with van der Waals surface area (Å²) in [6.07, 6.45) is 0. The van der Waals surface area contributed by atoms with Gasteiger partial charge in [-0.2, -0.15) is 4.31 Å². The van der Waals surface area contributed by atoms with Crippen molar-refractivity contribution in [3.05, 3.63) is 82.9 Å². The zero-order chi connectivity index (χ0) is 27.2. The summed E-state index contributed by atoms with van der Waals surface area (Å²) in [6, 6.07) is 17.7. The second kappa shape index (κ2) is 12.1. The monoisotopic (exact) mass is 526 g/mol. The van der Waals surface area contributed by atoms with E-state index in [0.717, 1.165) is 22.3 Å². The number of benzene rings is 3. The lowest BCUT2D eigenvalue weighted by Gasteiger charge is -2.25. The highest BCUT2D eigenvalue weighted by molar-refractivity contribution is 7.89. The maximum Gasteiger partial charge on any atom is 0.243 e. The van der Waals surface area contributed by atoms with E-state index in [9.17, 15) is 13.2 Å². The predicted octanol–water partition coefficient (Wildman–Crippen LogP) is 4.18. The first-order valence-corrected chi connectivity index (χ1v) is 13.2. The number of aryl methyl sites for hydroxylation is 2. The van der Waals surface area contributed by atoms with Gasteiger partial charge in [-0.3, -0.25) is 4.79 Å². The molecule has 0 atom stereocenters. The molecule has 0 aliphatic heterocycles. The number of rotatable bonds is 11. The van der Waals surface area contributed by atoms with Gasteiger partial charge in [-0.25, -0.2) is 8.42 Å². The van der Waals surface area contributed by atoms with Gasteiger partial charge >= 0.3 is 0 Å². The van der Waals surface area contributed by atoms with Crippen molar-refractivity contribution in [1.29, 1.82) is 0 Å². The van der Waals surface area contributed by atoms with Crippen molar-refractivity contribution in [2.45, 2.75) is 31.8 Å². The van der Waals surface area contributed by atoms with Crippen molar-refractivity contribution >= 4 is 15.9 Å². The lowest BCUT2D eigenvalue weighted by Crippen LogP contribution is -2.41. The van der Waals surface area contributed by atoms with Gasteiger partial charge in [0.1, 0.15) is 0 Å². The first-order valence-electron chi connectivity index (χ1n) is 11.7. The Morgan fingerprint density at radius 3 is 1.95 bits per heavy atom. The van der Waals surface area contributed by atoms with E-state index in [0.29, 0.717) is 17.2 Å². The van der Waals surface area contributed by atoms with Crippen LogP contribution in [0.4, 0.5) is 0 Å². The summed E-state index contributed by atoms with van der Waals surface area (Å²) < 4.78 is 44.6. The van der Waals surface area contributed by atoms with Gasteiger partial charge in [0.05, 0.1) is 32.8 Å². The van der Waals surface area contributed by atoms with Crippen molar-refractivity contribution in [1.82, 2.24) is 9.21 Å². The maximum atomic E-state index is 13.6. The number of hydrogen-bond donors (Lipinski definition) is 0. The number of sulfonamides is 1. The Kier molecular flexibility index (Phi) is 9.18. The molecule has 0 bridgehead atoms. The summed E-state index contributed by atoms with van der Waals surface area (Å²) in [4.78, 5) is 14.9. The first-order chi connectivity index (χ1) is 17.6. The largest absolute Gasteiger partial charge is 0.493 e. The van der Waals surface area contributed by atoms with E-state index >= 15 is 0 Å². The fraction of sp³-hybridized carbons (Fsp3) is 0.321. The molecule has 0 radical (unpaired) electrons. The number of likely N-dealkylation sites (N-methyl/N-ethyl adjacent to an activating group) is 1. The molecule has 3 aromatic rings. The zero-order valence-electron chi connectivity index (χ0n) is 22.1. The smallest absolute Gasteiger partial charge is 0.243 e. The molecule has 0 fully saturated rings. The van der Waals surface area contributed by atoms with E-state index in [2.05, 4.69) is 0 Å². The Labute approximate surface area is 219 Å². The predicted molar refractivity (Wildman–Crippen MR) is 143 cm³/mol. The van der Waals surface area contributed by atoms with Gasteiger partial charge in [0, 0.05) is 20.1 Å². The molecule has 37 heavy (non-hydrogen) atoms. The van der Waals surface area contributed by atoms with Crippen molar-refractivity contribution in [2.24, 2.45) is 0 Å². The van der Waals surface area contributed by atoms with E-state index in [-0.39, 0.29) is 30.4 Å². The molecule has 8 nitrogen and oxygen atoms in total. The molecule has 0 heterocycles. The van der Waals surface area contributed by atoms with Gasteiger partial charge in [-0.05, 0) is 49.2 Å². The third-order valence-electron chi connectivity index (χ3n) is 5.98. The van der Waals surface area contributed by atoms with Crippen molar-refractivity contribution in [3.63, 3.8) is 0 Å². The molecule has 3 aromatic carbocycles. The Morgan fingerprint density at radius 2 is 1.41 bits per heavy atom. The SMILES string of the molecule is COc1cc(CN(C)C(=O)CN(Cc2cccc(C)c2)S(=O)(=O)c2ccc(C)cc2)cc(OC)c1OC. The molecule has 0 unspecified atom stereocenters. The van der Waals surface area contributed by atoms with Gasteiger partial charge in [0.25, 0.3) is 0 Å². The highest BCUT2D eigenvalue weighted by Crippen LogP contribution is 2.38. The highest BCUT2D eigenvalue weighted by Gasteiger charge is 2.28. The highest BCUT2D eigenvalue weighted by atomic mass is 32.2. The molecular formula is C28H34N2O6S. The second-order valence-corrected chi connectivity index (χ2v) is 10.8. The van der Waals surface area contributed by atoms with Crippen LogP contribution in [-0.4, -0.2) is 58.5 Å². The average molecular weight is 527 g/mol. The van der Waals surface area contributed by atoms with Gasteiger partial charge in [-0.1, -0.05) is 47.5 Å². The molecule has 0 aliphatic rings. The first kappa shape index (κ1) is 28.0. The van der Waals surface area contributed by atoms with Gasteiger partial charge in [0.2, 0.25) is 21.7 Å². The summed E-state index contributed by atoms with van der Waals surface area (Å²) in [5.41, 5.74) is 3.51. The van der Waals surface area contributed by atoms with Crippen LogP contribution in [0.3, 0.4) is 0 Å². The average Bonchev–Trinajstić information content (AvgIpc) is 2.87. The number of hydrogen-bond acceptors (Lipinski definition) is 6. The van der Waals surface area contributed by atoms with Gasteiger partial charge < -0.3 is 19.1 Å². The van der Waals surface area contributed by atoms with Crippen LogP contribution in [0.2, 0.25) is 0 Å². The molecule has 0 aliphatic carbocycles. The molecule has 0 aromatic heterocycles. The maximum absolute atomic E-state index is 13.6. The molecule has 198 valence electrons. The molecule has 9 heteroatoms. The molecule has 1 amide bonds. The van der Waals surface area contributed by atoms with Crippen LogP contribution in [0.25, 0.3) is 0 Å². The van der Waals surface area contributed by atoms with Crippen molar-refractivity contribution in [2.75, 3.05) is 34.9 Å². The standard InChI is InChI=1S/C28H34N2O6S/c1-20-10-12-24(13-11-20)37(32,33)30(18-22-9-7-8-21(2)14-22)19-27(31)29(3)17-23-15-25(34-4)28(36-6)26(16-23)35-5/h7-16H,17-19H2,1-6H3. The van der Waals surface area contributed by atoms with E-state index < -0.39 is 10.0 Å². The topological polar surface area (TPSA) is 85.4 Å². The van der Waals surface area contributed by atoms with E-state index in [1.54, 1.807) is 43.4 Å².